The Morgan fingerprint density at radius 1 is 1.19 bits per heavy atom. The fourth-order valence-corrected chi connectivity index (χ4v) is 3.48. The Morgan fingerprint density at radius 2 is 1.93 bits per heavy atom. The van der Waals surface area contributed by atoms with Crippen LogP contribution in [-0.4, -0.2) is 49.8 Å². The van der Waals surface area contributed by atoms with E-state index >= 15 is 0 Å². The van der Waals surface area contributed by atoms with E-state index in [1.807, 2.05) is 30.3 Å². The number of carbonyl (C=O) groups is 1. The molecule has 2 heterocycles. The molecule has 2 aliphatic rings. The van der Waals surface area contributed by atoms with E-state index in [0.717, 1.165) is 25.3 Å². The highest BCUT2D eigenvalue weighted by atomic mass is 35.5. The first kappa shape index (κ1) is 17.9. The molecule has 0 unspecified atom stereocenters. The van der Waals surface area contributed by atoms with Crippen LogP contribution in [0.5, 0.6) is 17.2 Å². The first-order chi connectivity index (χ1) is 13.2. The molecule has 2 aromatic rings. The summed E-state index contributed by atoms with van der Waals surface area (Å²) in [7, 11) is 0. The number of rotatable bonds is 5. The zero-order valence-electron chi connectivity index (χ0n) is 14.8. The van der Waals surface area contributed by atoms with E-state index in [2.05, 4.69) is 10.2 Å². The van der Waals surface area contributed by atoms with E-state index < -0.39 is 0 Å². The van der Waals surface area contributed by atoms with Gasteiger partial charge in [0.1, 0.15) is 25.1 Å². The number of ether oxygens (including phenoxy) is 3. The van der Waals surface area contributed by atoms with Gasteiger partial charge in [-0.2, -0.15) is 0 Å². The number of halogens is 1. The zero-order valence-corrected chi connectivity index (χ0v) is 15.6. The molecule has 0 spiro atoms. The van der Waals surface area contributed by atoms with Crippen LogP contribution in [0, 0.1) is 0 Å². The summed E-state index contributed by atoms with van der Waals surface area (Å²) in [5.74, 6) is 1.94. The highest BCUT2D eigenvalue weighted by molar-refractivity contribution is 6.34. The molecule has 142 valence electrons. The highest BCUT2D eigenvalue weighted by Crippen LogP contribution is 2.37. The van der Waals surface area contributed by atoms with Crippen molar-refractivity contribution in [2.75, 3.05) is 38.2 Å². The van der Waals surface area contributed by atoms with E-state index in [-0.39, 0.29) is 12.0 Å². The minimum atomic E-state index is -0.117. The molecule has 1 N–H and O–H groups in total. The van der Waals surface area contributed by atoms with Crippen molar-refractivity contribution >= 4 is 23.2 Å². The Balaban J connectivity index is 1.31. The summed E-state index contributed by atoms with van der Waals surface area (Å²) in [5.41, 5.74) is 0.530. The average Bonchev–Trinajstić information content (AvgIpc) is 3.10. The molecule has 0 radical (unpaired) electrons. The Hall–Kier alpha value is -2.44. The van der Waals surface area contributed by atoms with Gasteiger partial charge in [0.25, 0.3) is 0 Å². The first-order valence-electron chi connectivity index (χ1n) is 9.00. The van der Waals surface area contributed by atoms with Crippen molar-refractivity contribution in [3.05, 3.63) is 47.5 Å². The van der Waals surface area contributed by atoms with Crippen LogP contribution in [0.3, 0.4) is 0 Å². The van der Waals surface area contributed by atoms with Crippen molar-refractivity contribution in [3.8, 4) is 17.2 Å². The number of nitrogens with one attached hydrogen (secondary N) is 1. The lowest BCUT2D eigenvalue weighted by Crippen LogP contribution is -2.33. The van der Waals surface area contributed by atoms with Gasteiger partial charge in [-0.15, -0.1) is 0 Å². The van der Waals surface area contributed by atoms with Crippen molar-refractivity contribution in [2.24, 2.45) is 0 Å². The zero-order chi connectivity index (χ0) is 18.6. The predicted molar refractivity (Wildman–Crippen MR) is 103 cm³/mol. The van der Waals surface area contributed by atoms with Crippen LogP contribution in [-0.2, 0) is 4.79 Å². The number of fused-ring (bicyclic) bond motifs is 1. The number of amides is 1. The quantitative estimate of drug-likeness (QED) is 0.852. The lowest BCUT2D eigenvalue weighted by Gasteiger charge is -2.20. The lowest BCUT2D eigenvalue weighted by molar-refractivity contribution is -0.117. The summed E-state index contributed by atoms with van der Waals surface area (Å²) in [4.78, 5) is 14.5. The Morgan fingerprint density at radius 3 is 2.70 bits per heavy atom. The average molecular weight is 389 g/mol. The van der Waals surface area contributed by atoms with Gasteiger partial charge >= 0.3 is 0 Å². The molecule has 0 bridgehead atoms. The maximum atomic E-state index is 12.4. The third-order valence-corrected chi connectivity index (χ3v) is 4.86. The maximum Gasteiger partial charge on any atom is 0.238 e. The van der Waals surface area contributed by atoms with Gasteiger partial charge in [-0.1, -0.05) is 29.8 Å². The van der Waals surface area contributed by atoms with Crippen LogP contribution in [0.2, 0.25) is 5.02 Å². The van der Waals surface area contributed by atoms with Crippen LogP contribution in [0.1, 0.15) is 6.42 Å². The summed E-state index contributed by atoms with van der Waals surface area (Å²) >= 11 is 6.25. The second kappa shape index (κ2) is 8.06. The second-order valence-electron chi connectivity index (χ2n) is 6.60. The molecule has 1 fully saturated rings. The Labute approximate surface area is 163 Å². The number of hydrogen-bond acceptors (Lipinski definition) is 5. The van der Waals surface area contributed by atoms with Crippen molar-refractivity contribution in [1.29, 1.82) is 0 Å². The van der Waals surface area contributed by atoms with E-state index in [0.29, 0.717) is 42.0 Å². The molecule has 2 aliphatic heterocycles. The molecule has 0 saturated carbocycles. The van der Waals surface area contributed by atoms with Crippen LogP contribution < -0.4 is 19.5 Å². The Bertz CT molecular complexity index is 815. The number of hydrogen-bond donors (Lipinski definition) is 1. The molecule has 0 aliphatic carbocycles. The number of benzene rings is 2. The third-order valence-electron chi connectivity index (χ3n) is 4.55. The van der Waals surface area contributed by atoms with Crippen LogP contribution >= 0.6 is 11.6 Å². The summed E-state index contributed by atoms with van der Waals surface area (Å²) < 4.78 is 17.0. The standard InChI is InChI=1S/C20H21ClN2O4/c21-16-10-18-19(26-9-8-25-18)11-17(16)22-20(24)13-23-7-6-15(12-23)27-14-4-2-1-3-5-14/h1-5,10-11,15H,6-9,12-13H2,(H,22,24)/t15-/m1/s1. The normalized spacial score (nSPS) is 18.9. The molecule has 7 heteroatoms. The third kappa shape index (κ3) is 4.46. The van der Waals surface area contributed by atoms with Crippen molar-refractivity contribution < 1.29 is 19.0 Å². The van der Waals surface area contributed by atoms with Crippen molar-refractivity contribution in [2.45, 2.75) is 12.5 Å². The van der Waals surface area contributed by atoms with E-state index in [4.69, 9.17) is 25.8 Å². The SMILES string of the molecule is O=C(CN1CC[C@@H](Oc2ccccc2)C1)Nc1cc2c(cc1Cl)OCCO2. The largest absolute Gasteiger partial charge is 0.489 e. The fourth-order valence-electron chi connectivity index (χ4n) is 3.28. The minimum Gasteiger partial charge on any atom is -0.489 e. The number of anilines is 1. The minimum absolute atomic E-state index is 0.0954. The first-order valence-corrected chi connectivity index (χ1v) is 9.38. The molecule has 1 saturated heterocycles. The van der Waals surface area contributed by atoms with Gasteiger partial charge in [-0.05, 0) is 18.6 Å². The van der Waals surface area contributed by atoms with Gasteiger partial charge in [0, 0.05) is 25.2 Å². The topological polar surface area (TPSA) is 60.0 Å². The molecular formula is C20H21ClN2O4. The van der Waals surface area contributed by atoms with E-state index in [1.165, 1.54) is 0 Å². The fraction of sp³-hybridized carbons (Fsp3) is 0.350. The summed E-state index contributed by atoms with van der Waals surface area (Å²) in [5, 5.41) is 3.29. The summed E-state index contributed by atoms with van der Waals surface area (Å²) in [6, 6.07) is 13.1. The number of likely N-dealkylation sites (tertiary alicyclic amines) is 1. The van der Waals surface area contributed by atoms with Crippen molar-refractivity contribution in [1.82, 2.24) is 4.90 Å². The van der Waals surface area contributed by atoms with Crippen LogP contribution in [0.4, 0.5) is 5.69 Å². The van der Waals surface area contributed by atoms with Gasteiger partial charge in [0.05, 0.1) is 17.3 Å². The van der Waals surface area contributed by atoms with Gasteiger partial charge in [-0.3, -0.25) is 9.69 Å². The van der Waals surface area contributed by atoms with Crippen molar-refractivity contribution in [3.63, 3.8) is 0 Å². The van der Waals surface area contributed by atoms with E-state index in [1.54, 1.807) is 12.1 Å². The number of nitrogens with zero attached hydrogens (tertiary/aromatic N) is 1. The monoisotopic (exact) mass is 388 g/mol. The van der Waals surface area contributed by atoms with E-state index in [9.17, 15) is 4.79 Å². The molecule has 1 atom stereocenters. The predicted octanol–water partition coefficient (Wildman–Crippen LogP) is 3.20. The van der Waals surface area contributed by atoms with Gasteiger partial charge in [0.15, 0.2) is 11.5 Å². The molecule has 27 heavy (non-hydrogen) atoms. The molecule has 0 aromatic heterocycles. The van der Waals surface area contributed by atoms with Gasteiger partial charge in [0.2, 0.25) is 5.91 Å². The van der Waals surface area contributed by atoms with Crippen LogP contribution in [0.15, 0.2) is 42.5 Å². The summed E-state index contributed by atoms with van der Waals surface area (Å²) in [6.07, 6.45) is 0.991. The number of carbonyl (C=O) groups excluding carboxylic acids is 1. The number of para-hydroxylation sites is 1. The van der Waals surface area contributed by atoms with Crippen LogP contribution in [0.25, 0.3) is 0 Å². The summed E-state index contributed by atoms with van der Waals surface area (Å²) in [6.45, 7) is 2.81. The van der Waals surface area contributed by atoms with Gasteiger partial charge < -0.3 is 19.5 Å². The maximum absolute atomic E-state index is 12.4. The molecule has 1 amide bonds. The Kier molecular flexibility index (Phi) is 5.36. The molecule has 6 nitrogen and oxygen atoms in total. The second-order valence-corrected chi connectivity index (χ2v) is 7.01. The molecule has 2 aromatic carbocycles. The molecule has 4 rings (SSSR count). The lowest BCUT2D eigenvalue weighted by atomic mass is 10.2. The molecular weight excluding hydrogens is 368 g/mol. The highest BCUT2D eigenvalue weighted by Gasteiger charge is 2.26. The van der Waals surface area contributed by atoms with Gasteiger partial charge in [-0.25, -0.2) is 0 Å². The smallest absolute Gasteiger partial charge is 0.238 e.